The van der Waals surface area contributed by atoms with Crippen molar-refractivity contribution in [1.82, 2.24) is 9.38 Å². The number of esters is 1. The molecule has 22 heavy (non-hydrogen) atoms. The smallest absolute Gasteiger partial charge is 0.360 e. The van der Waals surface area contributed by atoms with Gasteiger partial charge in [0, 0.05) is 23.8 Å². The molecule has 3 aromatic rings. The number of nitrogens with zero attached hydrogens (tertiary/aromatic N) is 2. The zero-order valence-corrected chi connectivity index (χ0v) is 12.7. The highest BCUT2D eigenvalue weighted by atomic mass is 35.5. The zero-order chi connectivity index (χ0) is 15.5. The number of pyridine rings is 1. The molecule has 0 bridgehead atoms. The Morgan fingerprint density at radius 3 is 2.82 bits per heavy atom. The lowest BCUT2D eigenvalue weighted by Crippen LogP contribution is -2.09. The average molecular weight is 316 g/mol. The SMILES string of the molecule is COC(=O)c1nc2cc(Cl)ccn2c1NCc1ccccc1. The van der Waals surface area contributed by atoms with Crippen molar-refractivity contribution in [3.05, 3.63) is 64.9 Å². The Hall–Kier alpha value is -2.53. The minimum atomic E-state index is -0.490. The number of rotatable bonds is 4. The molecule has 6 heteroatoms. The van der Waals surface area contributed by atoms with E-state index >= 15 is 0 Å². The highest BCUT2D eigenvalue weighted by Crippen LogP contribution is 2.22. The second-order valence-electron chi connectivity index (χ2n) is 4.71. The van der Waals surface area contributed by atoms with Crippen molar-refractivity contribution >= 4 is 29.0 Å². The van der Waals surface area contributed by atoms with Gasteiger partial charge in [0.25, 0.3) is 0 Å². The molecule has 1 aromatic carbocycles. The molecule has 2 aromatic heterocycles. The Bertz CT molecular complexity index is 815. The monoisotopic (exact) mass is 315 g/mol. The van der Waals surface area contributed by atoms with E-state index in [9.17, 15) is 4.79 Å². The molecule has 1 N–H and O–H groups in total. The third-order valence-corrected chi connectivity index (χ3v) is 3.50. The van der Waals surface area contributed by atoms with E-state index < -0.39 is 5.97 Å². The van der Waals surface area contributed by atoms with Gasteiger partial charge in [-0.05, 0) is 11.6 Å². The van der Waals surface area contributed by atoms with Crippen LogP contribution >= 0.6 is 11.6 Å². The fraction of sp³-hybridized carbons (Fsp3) is 0.125. The molecule has 0 saturated heterocycles. The van der Waals surface area contributed by atoms with Crippen LogP contribution in [0.3, 0.4) is 0 Å². The van der Waals surface area contributed by atoms with E-state index in [0.717, 1.165) is 5.56 Å². The topological polar surface area (TPSA) is 55.6 Å². The van der Waals surface area contributed by atoms with E-state index in [2.05, 4.69) is 10.3 Å². The van der Waals surface area contributed by atoms with Crippen LogP contribution in [0.15, 0.2) is 48.7 Å². The molecule has 0 spiro atoms. The average Bonchev–Trinajstić information content (AvgIpc) is 2.90. The number of ether oxygens (including phenoxy) is 1. The van der Waals surface area contributed by atoms with Crippen LogP contribution in [0.25, 0.3) is 5.65 Å². The molecular weight excluding hydrogens is 302 g/mol. The molecule has 0 atom stereocenters. The lowest BCUT2D eigenvalue weighted by Gasteiger charge is -2.08. The number of methoxy groups -OCH3 is 1. The maximum absolute atomic E-state index is 11.9. The van der Waals surface area contributed by atoms with Crippen LogP contribution in [0.1, 0.15) is 16.1 Å². The number of fused-ring (bicyclic) bond motifs is 1. The Labute approximate surface area is 132 Å². The summed E-state index contributed by atoms with van der Waals surface area (Å²) in [7, 11) is 1.33. The standard InChI is InChI=1S/C16H14ClN3O2/c1-22-16(21)14-15(18-10-11-5-3-2-4-6-11)20-8-7-12(17)9-13(20)19-14/h2-9,18H,10H2,1H3. The zero-order valence-electron chi connectivity index (χ0n) is 11.9. The highest BCUT2D eigenvalue weighted by Gasteiger charge is 2.19. The number of imidazole rings is 1. The van der Waals surface area contributed by atoms with Crippen molar-refractivity contribution < 1.29 is 9.53 Å². The number of aromatic nitrogens is 2. The van der Waals surface area contributed by atoms with E-state index in [-0.39, 0.29) is 5.69 Å². The molecule has 0 amide bonds. The predicted octanol–water partition coefficient (Wildman–Crippen LogP) is 3.39. The molecule has 5 nitrogen and oxygen atoms in total. The normalized spacial score (nSPS) is 10.6. The molecule has 0 saturated carbocycles. The number of hydrogen-bond acceptors (Lipinski definition) is 4. The number of benzene rings is 1. The van der Waals surface area contributed by atoms with Gasteiger partial charge in [0.1, 0.15) is 11.5 Å². The van der Waals surface area contributed by atoms with E-state index in [1.54, 1.807) is 22.7 Å². The lowest BCUT2D eigenvalue weighted by atomic mass is 10.2. The van der Waals surface area contributed by atoms with Gasteiger partial charge in [0.15, 0.2) is 5.69 Å². The maximum atomic E-state index is 11.9. The van der Waals surface area contributed by atoms with E-state index in [4.69, 9.17) is 16.3 Å². The molecule has 0 unspecified atom stereocenters. The first-order chi connectivity index (χ1) is 10.7. The highest BCUT2D eigenvalue weighted by molar-refractivity contribution is 6.30. The summed E-state index contributed by atoms with van der Waals surface area (Å²) in [6.07, 6.45) is 1.77. The van der Waals surface area contributed by atoms with E-state index in [1.807, 2.05) is 30.3 Å². The molecule has 3 rings (SSSR count). The number of carbonyl (C=O) groups excluding carboxylic acids is 1. The van der Waals surface area contributed by atoms with Gasteiger partial charge in [-0.1, -0.05) is 41.9 Å². The van der Waals surface area contributed by atoms with Crippen LogP contribution in [0, 0.1) is 0 Å². The molecule has 0 aliphatic carbocycles. The van der Waals surface area contributed by atoms with Crippen molar-refractivity contribution in [2.75, 3.05) is 12.4 Å². The predicted molar refractivity (Wildman–Crippen MR) is 85.3 cm³/mol. The summed E-state index contributed by atoms with van der Waals surface area (Å²) >= 11 is 5.98. The van der Waals surface area contributed by atoms with Crippen molar-refractivity contribution in [3.8, 4) is 0 Å². The fourth-order valence-corrected chi connectivity index (χ4v) is 2.36. The second-order valence-corrected chi connectivity index (χ2v) is 5.15. The molecule has 0 aliphatic rings. The van der Waals surface area contributed by atoms with Crippen molar-refractivity contribution in [1.29, 1.82) is 0 Å². The van der Waals surface area contributed by atoms with Gasteiger partial charge in [-0.15, -0.1) is 0 Å². The summed E-state index contributed by atoms with van der Waals surface area (Å²) in [6.45, 7) is 0.571. The Morgan fingerprint density at radius 1 is 1.32 bits per heavy atom. The number of carbonyl (C=O) groups is 1. The van der Waals surface area contributed by atoms with Gasteiger partial charge < -0.3 is 10.1 Å². The molecule has 112 valence electrons. The minimum absolute atomic E-state index is 0.237. The molecular formula is C16H14ClN3O2. The minimum Gasteiger partial charge on any atom is -0.464 e. The lowest BCUT2D eigenvalue weighted by molar-refractivity contribution is 0.0596. The summed E-state index contributed by atoms with van der Waals surface area (Å²) in [5.74, 6) is 0.0951. The van der Waals surface area contributed by atoms with Crippen LogP contribution in [0.4, 0.5) is 5.82 Å². The van der Waals surface area contributed by atoms with Gasteiger partial charge in [0.05, 0.1) is 7.11 Å². The third kappa shape index (κ3) is 2.76. The van der Waals surface area contributed by atoms with Gasteiger partial charge in [0.2, 0.25) is 0 Å². The molecule has 0 radical (unpaired) electrons. The molecule has 2 heterocycles. The number of halogens is 1. The van der Waals surface area contributed by atoms with E-state index in [0.29, 0.717) is 23.0 Å². The largest absolute Gasteiger partial charge is 0.464 e. The van der Waals surface area contributed by atoms with E-state index in [1.165, 1.54) is 7.11 Å². The first kappa shape index (κ1) is 14.4. The second kappa shape index (κ2) is 6.07. The quantitative estimate of drug-likeness (QED) is 0.750. The van der Waals surface area contributed by atoms with Crippen LogP contribution in [0.2, 0.25) is 5.02 Å². The summed E-state index contributed by atoms with van der Waals surface area (Å²) in [4.78, 5) is 16.2. The first-order valence-corrected chi connectivity index (χ1v) is 7.10. The number of anilines is 1. The van der Waals surface area contributed by atoms with Crippen LogP contribution < -0.4 is 5.32 Å². The van der Waals surface area contributed by atoms with Crippen molar-refractivity contribution in [2.24, 2.45) is 0 Å². The van der Waals surface area contributed by atoms with Crippen LogP contribution in [-0.2, 0) is 11.3 Å². The summed E-state index contributed by atoms with van der Waals surface area (Å²) in [6, 6.07) is 13.3. The Balaban J connectivity index is 2.00. The van der Waals surface area contributed by atoms with Crippen LogP contribution in [0.5, 0.6) is 0 Å². The number of nitrogens with one attached hydrogen (secondary N) is 1. The van der Waals surface area contributed by atoms with Crippen molar-refractivity contribution in [2.45, 2.75) is 6.54 Å². The summed E-state index contributed by atoms with van der Waals surface area (Å²) in [5, 5.41) is 3.80. The van der Waals surface area contributed by atoms with Crippen LogP contribution in [-0.4, -0.2) is 22.5 Å². The van der Waals surface area contributed by atoms with Gasteiger partial charge in [-0.3, -0.25) is 4.40 Å². The molecule has 0 aliphatic heterocycles. The van der Waals surface area contributed by atoms with Gasteiger partial charge in [-0.2, -0.15) is 0 Å². The number of hydrogen-bond donors (Lipinski definition) is 1. The first-order valence-electron chi connectivity index (χ1n) is 6.73. The van der Waals surface area contributed by atoms with Crippen molar-refractivity contribution in [3.63, 3.8) is 0 Å². The Morgan fingerprint density at radius 2 is 2.09 bits per heavy atom. The maximum Gasteiger partial charge on any atom is 0.360 e. The fourth-order valence-electron chi connectivity index (χ4n) is 2.21. The summed E-state index contributed by atoms with van der Waals surface area (Å²) < 4.78 is 6.58. The van der Waals surface area contributed by atoms with Gasteiger partial charge in [-0.25, -0.2) is 9.78 Å². The Kier molecular flexibility index (Phi) is 3.98. The molecule has 0 fully saturated rings. The summed E-state index contributed by atoms with van der Waals surface area (Å²) in [5.41, 5.74) is 1.92. The van der Waals surface area contributed by atoms with Gasteiger partial charge >= 0.3 is 5.97 Å². The third-order valence-electron chi connectivity index (χ3n) is 3.27.